The molecule has 1 aliphatic carbocycles. The molecule has 7 heteroatoms. The van der Waals surface area contributed by atoms with Crippen LogP contribution >= 0.6 is 11.6 Å². The maximum Gasteiger partial charge on any atom is 0.258 e. The summed E-state index contributed by atoms with van der Waals surface area (Å²) >= 11 is 6.36. The van der Waals surface area contributed by atoms with E-state index in [9.17, 15) is 0 Å². The van der Waals surface area contributed by atoms with Gasteiger partial charge in [0.25, 0.3) is 5.78 Å². The van der Waals surface area contributed by atoms with Crippen LogP contribution < -0.4 is 4.90 Å². The molecule has 0 N–H and O–H groups in total. The number of fused-ring (bicyclic) bond motifs is 3. The summed E-state index contributed by atoms with van der Waals surface area (Å²) in [6.07, 6.45) is 2.34. The molecule has 0 aliphatic heterocycles. The van der Waals surface area contributed by atoms with Gasteiger partial charge in [-0.3, -0.25) is 0 Å². The van der Waals surface area contributed by atoms with E-state index < -0.39 is 0 Å². The van der Waals surface area contributed by atoms with Crippen molar-refractivity contribution in [2.45, 2.75) is 18.3 Å². The summed E-state index contributed by atoms with van der Waals surface area (Å²) in [6.45, 7) is 1.00. The molecule has 2 aromatic heterocycles. The molecule has 0 saturated heterocycles. The van der Waals surface area contributed by atoms with Gasteiger partial charge in [0.1, 0.15) is 5.82 Å². The van der Waals surface area contributed by atoms with Gasteiger partial charge in [-0.15, -0.1) is 10.2 Å². The Morgan fingerprint density at radius 3 is 2.37 bits per heavy atom. The minimum atomic E-state index is 0.109. The molecule has 1 fully saturated rings. The van der Waals surface area contributed by atoms with Crippen molar-refractivity contribution in [3.8, 4) is 11.1 Å². The predicted molar refractivity (Wildman–Crippen MR) is 143 cm³/mol. The first-order valence-electron chi connectivity index (χ1n) is 11.9. The number of para-hydroxylation sites is 1. The number of rotatable bonds is 6. The standard InChI is InChI=1S/C28H27ClN6/c1-33(2)18-28(16-17-28)24-20(19-10-5-4-6-11-19)13-9-15-23(24)34(3)25-21-12-7-8-14-22(21)35-26(29)31-32-27(35)30-25/h4-15H,16-18H2,1-3H3. The lowest BCUT2D eigenvalue weighted by atomic mass is 9.85. The number of hydrogen-bond donors (Lipinski definition) is 0. The number of anilines is 2. The number of likely N-dealkylation sites (N-methyl/N-ethyl adjacent to an activating group) is 1. The Labute approximate surface area is 209 Å². The van der Waals surface area contributed by atoms with Gasteiger partial charge in [0.15, 0.2) is 0 Å². The fourth-order valence-corrected chi connectivity index (χ4v) is 5.60. The Balaban J connectivity index is 1.60. The quantitative estimate of drug-likeness (QED) is 0.299. The first-order valence-corrected chi connectivity index (χ1v) is 12.2. The highest BCUT2D eigenvalue weighted by Gasteiger charge is 2.48. The largest absolute Gasteiger partial charge is 0.328 e. The maximum absolute atomic E-state index is 6.36. The number of nitrogens with zero attached hydrogens (tertiary/aromatic N) is 6. The molecule has 6 nitrogen and oxygen atoms in total. The van der Waals surface area contributed by atoms with Gasteiger partial charge in [-0.2, -0.15) is 4.98 Å². The molecule has 1 aliphatic rings. The van der Waals surface area contributed by atoms with Crippen LogP contribution in [0, 0.1) is 0 Å². The van der Waals surface area contributed by atoms with Gasteiger partial charge in [-0.1, -0.05) is 54.6 Å². The van der Waals surface area contributed by atoms with E-state index in [0.717, 1.165) is 23.3 Å². The van der Waals surface area contributed by atoms with Crippen LogP contribution in [-0.4, -0.2) is 52.2 Å². The molecular weight excluding hydrogens is 456 g/mol. The van der Waals surface area contributed by atoms with Gasteiger partial charge in [-0.05, 0) is 73.4 Å². The molecule has 0 bridgehead atoms. The van der Waals surface area contributed by atoms with Crippen molar-refractivity contribution in [1.29, 1.82) is 0 Å². The SMILES string of the molecule is CN(C)CC1(c2c(-c3ccccc3)cccc2N(C)c2nc3nnc(Cl)n3c3ccccc23)CC1. The fourth-order valence-electron chi connectivity index (χ4n) is 5.40. The Bertz CT molecular complexity index is 1540. The molecule has 3 aromatic carbocycles. The third-order valence-electron chi connectivity index (χ3n) is 7.01. The van der Waals surface area contributed by atoms with E-state index in [2.05, 4.69) is 95.7 Å². The molecule has 5 aromatic rings. The molecule has 176 valence electrons. The second-order valence-electron chi connectivity index (χ2n) is 9.70. The third kappa shape index (κ3) is 3.65. The van der Waals surface area contributed by atoms with Crippen LogP contribution in [0.4, 0.5) is 11.5 Å². The third-order valence-corrected chi connectivity index (χ3v) is 7.25. The van der Waals surface area contributed by atoms with Crippen molar-refractivity contribution < 1.29 is 0 Å². The molecule has 35 heavy (non-hydrogen) atoms. The Kier molecular flexibility index (Phi) is 5.24. The average molecular weight is 483 g/mol. The van der Waals surface area contributed by atoms with E-state index in [1.165, 1.54) is 35.2 Å². The number of hydrogen-bond acceptors (Lipinski definition) is 5. The lowest BCUT2D eigenvalue weighted by Crippen LogP contribution is -2.28. The van der Waals surface area contributed by atoms with Gasteiger partial charge < -0.3 is 9.80 Å². The molecule has 0 unspecified atom stereocenters. The number of halogens is 1. The average Bonchev–Trinajstić information content (AvgIpc) is 3.55. The molecule has 0 spiro atoms. The summed E-state index contributed by atoms with van der Waals surface area (Å²) in [4.78, 5) is 9.44. The summed E-state index contributed by atoms with van der Waals surface area (Å²) in [5.74, 6) is 1.33. The van der Waals surface area contributed by atoms with E-state index in [0.29, 0.717) is 11.1 Å². The van der Waals surface area contributed by atoms with Gasteiger partial charge in [-0.25, -0.2) is 4.40 Å². The summed E-state index contributed by atoms with van der Waals surface area (Å²) in [6, 6.07) is 25.5. The molecule has 2 heterocycles. The Hall–Kier alpha value is -3.48. The minimum Gasteiger partial charge on any atom is -0.328 e. The van der Waals surface area contributed by atoms with Crippen LogP contribution in [0.2, 0.25) is 5.28 Å². The van der Waals surface area contributed by atoms with E-state index >= 15 is 0 Å². The van der Waals surface area contributed by atoms with Gasteiger partial charge >= 0.3 is 0 Å². The van der Waals surface area contributed by atoms with Crippen molar-refractivity contribution in [3.05, 3.63) is 83.6 Å². The van der Waals surface area contributed by atoms with Crippen LogP contribution in [0.5, 0.6) is 0 Å². The first kappa shape index (κ1) is 22.0. The van der Waals surface area contributed by atoms with E-state index in [1.54, 1.807) is 4.40 Å². The summed E-state index contributed by atoms with van der Waals surface area (Å²) in [5, 5.41) is 9.60. The van der Waals surface area contributed by atoms with Crippen molar-refractivity contribution in [2.24, 2.45) is 0 Å². The van der Waals surface area contributed by atoms with E-state index in [1.807, 2.05) is 18.2 Å². The van der Waals surface area contributed by atoms with Crippen molar-refractivity contribution >= 4 is 39.8 Å². The molecule has 0 amide bonds. The predicted octanol–water partition coefficient (Wildman–Crippen LogP) is 5.96. The number of benzene rings is 3. The zero-order valence-corrected chi connectivity index (χ0v) is 20.9. The van der Waals surface area contributed by atoms with Crippen LogP contribution in [0.25, 0.3) is 27.8 Å². The monoisotopic (exact) mass is 482 g/mol. The number of aromatic nitrogens is 4. The lowest BCUT2D eigenvalue weighted by molar-refractivity contribution is 0.363. The van der Waals surface area contributed by atoms with Crippen LogP contribution in [0.15, 0.2) is 72.8 Å². The molecule has 1 saturated carbocycles. The van der Waals surface area contributed by atoms with E-state index in [-0.39, 0.29) is 5.41 Å². The highest BCUT2D eigenvalue weighted by molar-refractivity contribution is 6.29. The van der Waals surface area contributed by atoms with Crippen LogP contribution in [0.3, 0.4) is 0 Å². The Morgan fingerprint density at radius 2 is 1.63 bits per heavy atom. The molecule has 6 rings (SSSR count). The highest BCUT2D eigenvalue weighted by atomic mass is 35.5. The van der Waals surface area contributed by atoms with Gasteiger partial charge in [0.05, 0.1) is 5.52 Å². The van der Waals surface area contributed by atoms with Gasteiger partial charge in [0.2, 0.25) is 5.28 Å². The lowest BCUT2D eigenvalue weighted by Gasteiger charge is -2.30. The summed E-state index contributed by atoms with van der Waals surface area (Å²) < 4.78 is 1.80. The fraction of sp³-hybridized carbons (Fsp3) is 0.250. The topological polar surface area (TPSA) is 49.6 Å². The minimum absolute atomic E-state index is 0.109. The second kappa shape index (κ2) is 8.33. The van der Waals surface area contributed by atoms with Crippen molar-refractivity contribution in [1.82, 2.24) is 24.5 Å². The van der Waals surface area contributed by atoms with Crippen LogP contribution in [-0.2, 0) is 5.41 Å². The molecular formula is C28H27ClN6. The maximum atomic E-state index is 6.36. The highest BCUT2D eigenvalue weighted by Crippen LogP contribution is 2.55. The summed E-state index contributed by atoms with van der Waals surface area (Å²) in [7, 11) is 6.42. The normalized spacial score (nSPS) is 14.7. The molecule has 0 radical (unpaired) electrons. The van der Waals surface area contributed by atoms with Crippen molar-refractivity contribution in [3.63, 3.8) is 0 Å². The summed E-state index contributed by atoms with van der Waals surface area (Å²) in [5.41, 5.74) is 6.11. The zero-order chi connectivity index (χ0) is 24.2. The Morgan fingerprint density at radius 1 is 0.886 bits per heavy atom. The van der Waals surface area contributed by atoms with Crippen LogP contribution in [0.1, 0.15) is 18.4 Å². The van der Waals surface area contributed by atoms with Crippen molar-refractivity contribution in [2.75, 3.05) is 32.6 Å². The second-order valence-corrected chi connectivity index (χ2v) is 10.0. The zero-order valence-electron chi connectivity index (χ0n) is 20.1. The molecule has 0 atom stereocenters. The van der Waals surface area contributed by atoms with Gasteiger partial charge in [0, 0.05) is 30.1 Å². The smallest absolute Gasteiger partial charge is 0.258 e. The first-order chi connectivity index (χ1) is 17.0. The van der Waals surface area contributed by atoms with E-state index in [4.69, 9.17) is 16.6 Å².